The van der Waals surface area contributed by atoms with Gasteiger partial charge in [0.1, 0.15) is 0 Å². The molecule has 0 aliphatic heterocycles. The number of benzene rings is 1. The summed E-state index contributed by atoms with van der Waals surface area (Å²) in [5, 5.41) is 0.570. The number of halogens is 3. The third-order valence-electron chi connectivity index (χ3n) is 2.62. The molecule has 0 saturated heterocycles. The molecule has 5 heteroatoms. The van der Waals surface area contributed by atoms with Crippen LogP contribution in [0.3, 0.4) is 0 Å². The van der Waals surface area contributed by atoms with Crippen molar-refractivity contribution in [1.29, 1.82) is 0 Å². The average Bonchev–Trinajstić information content (AvgIpc) is 2.33. The molecular weight excluding hydrogens is 393 g/mol. The molecule has 2 aromatic rings. The molecule has 0 amide bonds. The fourth-order valence-corrected chi connectivity index (χ4v) is 2.16. The number of rotatable bonds is 3. The molecule has 1 aromatic carbocycles. The Morgan fingerprint density at radius 3 is 2.47 bits per heavy atom. The normalized spacial score (nSPS) is 9.84. The number of pyridine rings is 1. The van der Waals surface area contributed by atoms with Gasteiger partial charge in [-0.05, 0) is 36.2 Å². The van der Waals surface area contributed by atoms with Gasteiger partial charge in [-0.25, -0.2) is 0 Å². The predicted molar refractivity (Wildman–Crippen MR) is 74.9 cm³/mol. The first kappa shape index (κ1) is 16.3. The summed E-state index contributed by atoms with van der Waals surface area (Å²) in [5.74, 6) is 0.0400. The van der Waals surface area contributed by atoms with Crippen molar-refractivity contribution in [2.24, 2.45) is 0 Å². The van der Waals surface area contributed by atoms with Gasteiger partial charge in [-0.3, -0.25) is 4.79 Å². The number of carbonyl (C=O) groups excluding carboxylic acids is 1. The largest absolute Gasteiger partial charge is 1.00 e. The van der Waals surface area contributed by atoms with Gasteiger partial charge in [0.25, 0.3) is 5.15 Å². The molecule has 0 aliphatic rings. The van der Waals surface area contributed by atoms with Gasteiger partial charge in [-0.2, -0.15) is 4.57 Å². The van der Waals surface area contributed by atoms with Crippen LogP contribution < -0.4 is 21.5 Å². The number of hydrogen-bond donors (Lipinski definition) is 0. The number of nitrogens with zero attached hydrogens (tertiary/aromatic N) is 1. The quantitative estimate of drug-likeness (QED) is 0.416. The van der Waals surface area contributed by atoms with Gasteiger partial charge in [0.15, 0.2) is 6.20 Å². The number of aryl methyl sites for hydroxylation is 1. The van der Waals surface area contributed by atoms with Crippen molar-refractivity contribution in [2.75, 3.05) is 0 Å². The van der Waals surface area contributed by atoms with Gasteiger partial charge in [0.05, 0.1) is 0 Å². The Morgan fingerprint density at radius 1 is 1.26 bits per heavy atom. The molecule has 100 valence electrons. The van der Waals surface area contributed by atoms with Crippen molar-refractivity contribution < 1.29 is 26.3 Å². The first-order valence-corrected chi connectivity index (χ1v) is 6.68. The van der Waals surface area contributed by atoms with Crippen molar-refractivity contribution >= 4 is 33.3 Å². The van der Waals surface area contributed by atoms with Gasteiger partial charge in [0, 0.05) is 22.2 Å². The maximum Gasteiger partial charge on any atom is 0.275 e. The second kappa shape index (κ2) is 7.17. The Kier molecular flexibility index (Phi) is 6.17. The summed E-state index contributed by atoms with van der Waals surface area (Å²) in [6, 6.07) is 11.1. The molecule has 0 saturated carbocycles. The highest BCUT2D eigenvalue weighted by Gasteiger charge is 2.15. The summed E-state index contributed by atoms with van der Waals surface area (Å²) in [4.78, 5) is 12.1. The van der Waals surface area contributed by atoms with Gasteiger partial charge >= 0.3 is 0 Å². The topological polar surface area (TPSA) is 20.9 Å². The van der Waals surface area contributed by atoms with E-state index in [2.05, 4.69) is 15.9 Å². The van der Waals surface area contributed by atoms with Crippen LogP contribution in [0.5, 0.6) is 0 Å². The molecule has 0 radical (unpaired) electrons. The highest BCUT2D eigenvalue weighted by Crippen LogP contribution is 2.11. The van der Waals surface area contributed by atoms with E-state index >= 15 is 0 Å². The van der Waals surface area contributed by atoms with Crippen LogP contribution in [0.2, 0.25) is 5.15 Å². The Morgan fingerprint density at radius 2 is 1.89 bits per heavy atom. The van der Waals surface area contributed by atoms with E-state index < -0.39 is 0 Å². The molecule has 0 bridgehead atoms. The predicted octanol–water partition coefficient (Wildman–Crippen LogP) is 0.585. The molecule has 0 fully saturated rings. The second-order valence-electron chi connectivity index (χ2n) is 4.08. The summed E-state index contributed by atoms with van der Waals surface area (Å²) in [7, 11) is 0. The molecular formula is C14H12Br2ClNO. The average molecular weight is 406 g/mol. The van der Waals surface area contributed by atoms with E-state index in [9.17, 15) is 4.79 Å². The van der Waals surface area contributed by atoms with Gasteiger partial charge in [-0.15, -0.1) is 0 Å². The lowest BCUT2D eigenvalue weighted by Gasteiger charge is -2.00. The standard InChI is InChI=1S/C14H12BrClNO.BrH/c1-10-6-7-17(14(16)8-10)9-13(18)11-2-4-12(15)5-3-11;/h2-8H,9H2,1H3;1H/q+1;/p-1. The van der Waals surface area contributed by atoms with Crippen LogP contribution in [0.25, 0.3) is 0 Å². The first-order chi connectivity index (χ1) is 8.56. The number of ketones is 1. The van der Waals surface area contributed by atoms with Crippen molar-refractivity contribution in [1.82, 2.24) is 0 Å². The van der Waals surface area contributed by atoms with Crippen molar-refractivity contribution in [3.8, 4) is 0 Å². The number of aromatic nitrogens is 1. The monoisotopic (exact) mass is 403 g/mol. The molecule has 2 rings (SSSR count). The molecule has 1 aromatic heterocycles. The van der Waals surface area contributed by atoms with E-state index in [-0.39, 0.29) is 29.3 Å². The Balaban J connectivity index is 0.00000180. The molecule has 0 N–H and O–H groups in total. The zero-order valence-electron chi connectivity index (χ0n) is 10.2. The van der Waals surface area contributed by atoms with Crippen molar-refractivity contribution in [2.45, 2.75) is 13.5 Å². The molecule has 0 unspecified atom stereocenters. The summed E-state index contributed by atoms with van der Waals surface area (Å²) in [5.41, 5.74) is 1.76. The van der Waals surface area contributed by atoms with Crippen LogP contribution >= 0.6 is 27.5 Å². The Labute approximate surface area is 136 Å². The van der Waals surface area contributed by atoms with Crippen LogP contribution in [-0.2, 0) is 6.54 Å². The van der Waals surface area contributed by atoms with Crippen LogP contribution in [-0.4, -0.2) is 5.78 Å². The highest BCUT2D eigenvalue weighted by atomic mass is 79.9. The zero-order chi connectivity index (χ0) is 13.1. The number of hydrogen-bond acceptors (Lipinski definition) is 1. The lowest BCUT2D eigenvalue weighted by molar-refractivity contribution is -0.681. The van der Waals surface area contributed by atoms with E-state index in [1.54, 1.807) is 16.7 Å². The van der Waals surface area contributed by atoms with Crippen molar-refractivity contribution in [3.63, 3.8) is 0 Å². The van der Waals surface area contributed by atoms with Crippen LogP contribution in [0, 0.1) is 6.92 Å². The lowest BCUT2D eigenvalue weighted by Crippen LogP contribution is -3.00. The number of carbonyl (C=O) groups is 1. The van der Waals surface area contributed by atoms with E-state index in [0.29, 0.717) is 10.7 Å². The van der Waals surface area contributed by atoms with Crippen LogP contribution in [0.1, 0.15) is 15.9 Å². The highest BCUT2D eigenvalue weighted by molar-refractivity contribution is 9.10. The Bertz CT molecular complexity index is 584. The summed E-state index contributed by atoms with van der Waals surface area (Å²) >= 11 is 9.43. The third-order valence-corrected chi connectivity index (χ3v) is 3.47. The summed E-state index contributed by atoms with van der Waals surface area (Å²) in [6.07, 6.45) is 1.83. The minimum absolute atomic E-state index is 0. The molecule has 0 aliphatic carbocycles. The fourth-order valence-electron chi connectivity index (χ4n) is 1.61. The van der Waals surface area contributed by atoms with E-state index in [0.717, 1.165) is 10.0 Å². The minimum Gasteiger partial charge on any atom is -1.00 e. The van der Waals surface area contributed by atoms with Gasteiger partial charge in [-0.1, -0.05) is 28.1 Å². The molecule has 0 spiro atoms. The minimum atomic E-state index is 0. The fraction of sp³-hybridized carbons (Fsp3) is 0.143. The van der Waals surface area contributed by atoms with Crippen LogP contribution in [0.15, 0.2) is 47.1 Å². The lowest BCUT2D eigenvalue weighted by atomic mass is 10.1. The van der Waals surface area contributed by atoms with E-state index in [4.69, 9.17) is 11.6 Å². The van der Waals surface area contributed by atoms with E-state index in [1.165, 1.54) is 0 Å². The maximum absolute atomic E-state index is 12.1. The Hall–Kier alpha value is -0.710. The molecule has 0 atom stereocenters. The SMILES string of the molecule is Cc1cc[n+](CC(=O)c2ccc(Br)cc2)c(Cl)c1.[Br-]. The van der Waals surface area contributed by atoms with Gasteiger partial charge < -0.3 is 17.0 Å². The first-order valence-electron chi connectivity index (χ1n) is 5.50. The zero-order valence-corrected chi connectivity index (χ0v) is 14.2. The summed E-state index contributed by atoms with van der Waals surface area (Å²) < 4.78 is 2.69. The van der Waals surface area contributed by atoms with E-state index in [1.807, 2.05) is 37.4 Å². The molecule has 19 heavy (non-hydrogen) atoms. The smallest absolute Gasteiger partial charge is 0.275 e. The third kappa shape index (κ3) is 4.41. The van der Waals surface area contributed by atoms with Gasteiger partial charge in [0.2, 0.25) is 12.3 Å². The summed E-state index contributed by atoms with van der Waals surface area (Å²) in [6.45, 7) is 2.22. The maximum atomic E-state index is 12.1. The number of Topliss-reactive ketones (excluding diaryl/α,β-unsaturated/α-hetero) is 1. The van der Waals surface area contributed by atoms with Crippen LogP contribution in [0.4, 0.5) is 0 Å². The molecule has 1 heterocycles. The van der Waals surface area contributed by atoms with Crippen molar-refractivity contribution in [3.05, 3.63) is 63.3 Å². The molecule has 2 nitrogen and oxygen atoms in total. The second-order valence-corrected chi connectivity index (χ2v) is 5.39.